The van der Waals surface area contributed by atoms with Crippen molar-refractivity contribution >= 4 is 0 Å². The number of aliphatic hydroxyl groups excluding tert-OH is 1. The second-order valence-electron chi connectivity index (χ2n) is 9.54. The van der Waals surface area contributed by atoms with Crippen molar-refractivity contribution in [3.8, 4) is 17.6 Å². The number of hydrogen-bond donors (Lipinski definition) is 2. The van der Waals surface area contributed by atoms with Crippen LogP contribution in [-0.4, -0.2) is 47.7 Å². The van der Waals surface area contributed by atoms with Crippen LogP contribution in [0.5, 0.6) is 11.5 Å². The zero-order chi connectivity index (χ0) is 29.0. The highest BCUT2D eigenvalue weighted by Crippen LogP contribution is 2.42. The fourth-order valence-electron chi connectivity index (χ4n) is 5.13. The molecule has 0 unspecified atom stereocenters. The van der Waals surface area contributed by atoms with E-state index in [2.05, 4.69) is 4.98 Å². The summed E-state index contributed by atoms with van der Waals surface area (Å²) in [5.41, 5.74) is -0.469. The summed E-state index contributed by atoms with van der Waals surface area (Å²) in [6.45, 7) is -0.0881. The van der Waals surface area contributed by atoms with Gasteiger partial charge in [-0.1, -0.05) is 54.6 Å². The quantitative estimate of drug-likeness (QED) is 0.301. The molecule has 41 heavy (non-hydrogen) atoms. The molecule has 0 radical (unpaired) electrons. The maximum Gasteiger partial charge on any atom is 0.330 e. The van der Waals surface area contributed by atoms with Crippen molar-refractivity contribution < 1.29 is 24.1 Å². The molecule has 0 bridgehead atoms. The average molecular weight is 556 g/mol. The number of nitrogens with zero attached hydrogens (tertiary/aromatic N) is 2. The van der Waals surface area contributed by atoms with E-state index in [4.69, 9.17) is 18.9 Å². The Morgan fingerprint density at radius 1 is 0.951 bits per heavy atom. The number of aromatic nitrogens is 2. The molecule has 10 nitrogen and oxygen atoms in total. The van der Waals surface area contributed by atoms with Gasteiger partial charge in [0.25, 0.3) is 5.56 Å². The lowest BCUT2D eigenvalue weighted by molar-refractivity contribution is -0.0949. The van der Waals surface area contributed by atoms with Crippen LogP contribution in [0.2, 0.25) is 0 Å². The molecule has 0 saturated carbocycles. The third-order valence-corrected chi connectivity index (χ3v) is 7.26. The zero-order valence-corrected chi connectivity index (χ0v) is 22.5. The normalized spacial score (nSPS) is 18.5. The highest BCUT2D eigenvalue weighted by molar-refractivity contribution is 5.49. The molecular formula is C31H29N3O7. The summed E-state index contributed by atoms with van der Waals surface area (Å²) >= 11 is 0. The Bertz CT molecular complexity index is 1590. The van der Waals surface area contributed by atoms with Crippen molar-refractivity contribution in [3.05, 3.63) is 128 Å². The molecule has 2 N–H and O–H groups in total. The van der Waals surface area contributed by atoms with Crippen LogP contribution in [0.4, 0.5) is 0 Å². The number of H-pyrrole nitrogens is 1. The number of methoxy groups -OCH3 is 2. The summed E-state index contributed by atoms with van der Waals surface area (Å²) in [7, 11) is 3.19. The van der Waals surface area contributed by atoms with Gasteiger partial charge in [-0.15, -0.1) is 0 Å². The number of ether oxygens (including phenoxy) is 4. The van der Waals surface area contributed by atoms with E-state index < -0.39 is 35.3 Å². The monoisotopic (exact) mass is 555 g/mol. The van der Waals surface area contributed by atoms with Crippen LogP contribution in [-0.2, 0) is 15.1 Å². The first-order valence-corrected chi connectivity index (χ1v) is 13.0. The Kier molecular flexibility index (Phi) is 8.03. The first-order valence-electron chi connectivity index (χ1n) is 13.0. The Hall–Kier alpha value is -4.69. The van der Waals surface area contributed by atoms with Crippen molar-refractivity contribution in [1.82, 2.24) is 9.55 Å². The van der Waals surface area contributed by atoms with Gasteiger partial charge in [-0.2, -0.15) is 5.26 Å². The molecule has 3 atom stereocenters. The van der Waals surface area contributed by atoms with E-state index in [-0.39, 0.29) is 18.6 Å². The number of rotatable bonds is 9. The maximum absolute atomic E-state index is 12.7. The van der Waals surface area contributed by atoms with E-state index in [0.717, 1.165) is 27.5 Å². The number of aliphatic hydroxyl groups is 1. The zero-order valence-electron chi connectivity index (χ0n) is 22.5. The first-order chi connectivity index (χ1) is 19.9. The van der Waals surface area contributed by atoms with Gasteiger partial charge in [0.2, 0.25) is 0 Å². The highest BCUT2D eigenvalue weighted by atomic mass is 16.6. The molecule has 0 aliphatic carbocycles. The van der Waals surface area contributed by atoms with Crippen molar-refractivity contribution in [2.75, 3.05) is 20.8 Å². The van der Waals surface area contributed by atoms with E-state index in [1.165, 1.54) is 0 Å². The lowest BCUT2D eigenvalue weighted by Gasteiger charge is -2.37. The van der Waals surface area contributed by atoms with Gasteiger partial charge in [-0.3, -0.25) is 4.79 Å². The van der Waals surface area contributed by atoms with Crippen molar-refractivity contribution in [1.29, 1.82) is 5.26 Å². The third-order valence-electron chi connectivity index (χ3n) is 7.26. The summed E-state index contributed by atoms with van der Waals surface area (Å²) in [6.07, 6.45) is -1.97. The van der Waals surface area contributed by atoms with Crippen LogP contribution >= 0.6 is 0 Å². The minimum atomic E-state index is -1.14. The Balaban J connectivity index is 1.55. The third kappa shape index (κ3) is 5.26. The number of nitrogens with one attached hydrogen (secondary N) is 1. The summed E-state index contributed by atoms with van der Waals surface area (Å²) in [4.78, 5) is 27.6. The molecule has 1 fully saturated rings. The van der Waals surface area contributed by atoms with Crippen LogP contribution in [0.3, 0.4) is 0 Å². The largest absolute Gasteiger partial charge is 0.497 e. The molecule has 1 saturated heterocycles. The fraction of sp³-hybridized carbons (Fsp3) is 0.258. The lowest BCUT2D eigenvalue weighted by Crippen LogP contribution is -2.40. The second kappa shape index (κ2) is 11.8. The van der Waals surface area contributed by atoms with Crippen LogP contribution in [0.1, 0.15) is 34.9 Å². The number of hydrogen-bond acceptors (Lipinski definition) is 8. The van der Waals surface area contributed by atoms with E-state index in [9.17, 15) is 20.0 Å². The molecule has 1 aliphatic heterocycles. The van der Waals surface area contributed by atoms with Crippen LogP contribution in [0.25, 0.3) is 0 Å². The van der Waals surface area contributed by atoms with Gasteiger partial charge >= 0.3 is 5.69 Å². The summed E-state index contributed by atoms with van der Waals surface area (Å²) in [5.74, 6) is 1.36. The smallest absolute Gasteiger partial charge is 0.330 e. The molecule has 4 aromatic rings. The van der Waals surface area contributed by atoms with Crippen molar-refractivity contribution in [2.24, 2.45) is 0 Å². The number of benzene rings is 3. The Morgan fingerprint density at radius 3 is 2.05 bits per heavy atom. The molecule has 10 heteroatoms. The molecule has 3 aromatic carbocycles. The molecular weight excluding hydrogens is 526 g/mol. The lowest BCUT2D eigenvalue weighted by atomic mass is 9.80. The number of aromatic amines is 1. The molecule has 2 heterocycles. The van der Waals surface area contributed by atoms with E-state index in [1.54, 1.807) is 20.3 Å². The minimum Gasteiger partial charge on any atom is -0.497 e. The molecule has 0 spiro atoms. The number of nitriles is 1. The predicted molar refractivity (Wildman–Crippen MR) is 149 cm³/mol. The van der Waals surface area contributed by atoms with E-state index >= 15 is 0 Å². The molecule has 1 aromatic heterocycles. The van der Waals surface area contributed by atoms with E-state index in [1.807, 2.05) is 78.9 Å². The fourth-order valence-corrected chi connectivity index (χ4v) is 5.13. The van der Waals surface area contributed by atoms with Crippen molar-refractivity contribution in [3.63, 3.8) is 0 Å². The molecule has 210 valence electrons. The Labute approximate surface area is 235 Å². The summed E-state index contributed by atoms with van der Waals surface area (Å²) < 4.78 is 24.4. The maximum atomic E-state index is 12.7. The van der Waals surface area contributed by atoms with Gasteiger partial charge in [0.05, 0.1) is 26.9 Å². The predicted octanol–water partition coefficient (Wildman–Crippen LogP) is 3.08. The van der Waals surface area contributed by atoms with Crippen LogP contribution < -0.4 is 20.7 Å². The van der Waals surface area contributed by atoms with Crippen molar-refractivity contribution in [2.45, 2.75) is 30.5 Å². The minimum absolute atomic E-state index is 0.0324. The van der Waals surface area contributed by atoms with E-state index in [0.29, 0.717) is 11.5 Å². The first kappa shape index (κ1) is 27.9. The van der Waals surface area contributed by atoms with Gasteiger partial charge in [-0.25, -0.2) is 9.36 Å². The topological polar surface area (TPSA) is 136 Å². The van der Waals surface area contributed by atoms with Gasteiger partial charge in [-0.05, 0) is 41.0 Å². The van der Waals surface area contributed by atoms with Gasteiger partial charge in [0, 0.05) is 12.6 Å². The second-order valence-corrected chi connectivity index (χ2v) is 9.54. The molecule has 1 aliphatic rings. The van der Waals surface area contributed by atoms with Crippen LogP contribution in [0.15, 0.2) is 94.6 Å². The van der Waals surface area contributed by atoms with Gasteiger partial charge < -0.3 is 29.0 Å². The highest BCUT2D eigenvalue weighted by Gasteiger charge is 2.42. The van der Waals surface area contributed by atoms with Gasteiger partial charge in [0.15, 0.2) is 0 Å². The summed E-state index contributed by atoms with van der Waals surface area (Å²) in [6, 6.07) is 26.4. The molecule has 5 rings (SSSR count). The Morgan fingerprint density at radius 2 is 1.51 bits per heavy atom. The standard InChI is InChI=1S/C31H29N3O7/c1-38-24-12-8-22(9-13-24)31(21-6-4-3-5-7-21,23-10-14-25(39-2)15-11-23)40-19-27-26(35)16-28(41-27)34-29(36)20(17-32)18-33-30(34)37/h3-15,18,26-28,35H,16,19H2,1-2H3,(H,33,37)/t26-,27-,28-/m1/s1. The SMILES string of the molecule is COc1ccc(C(OC[C@H]2O[C@@H](n3c(=O)[nH]cc(C#N)c3=O)C[C@H]2O)(c2ccccc2)c2ccc(OC)cc2)cc1. The molecule has 0 amide bonds. The summed E-state index contributed by atoms with van der Waals surface area (Å²) in [5, 5.41) is 20.2. The van der Waals surface area contributed by atoms with Crippen LogP contribution in [0, 0.1) is 11.3 Å². The average Bonchev–Trinajstić information content (AvgIpc) is 3.38. The van der Waals surface area contributed by atoms with Gasteiger partial charge in [0.1, 0.15) is 41.1 Å².